The van der Waals surface area contributed by atoms with Gasteiger partial charge in [0, 0.05) is 17.2 Å². The zero-order chi connectivity index (χ0) is 16.7. The second-order valence-corrected chi connectivity index (χ2v) is 6.75. The van der Waals surface area contributed by atoms with E-state index in [1.807, 2.05) is 6.92 Å². The molecule has 7 heteroatoms. The van der Waals surface area contributed by atoms with Gasteiger partial charge in [-0.1, -0.05) is 17.7 Å². The Hall–Kier alpha value is -1.73. The van der Waals surface area contributed by atoms with Crippen LogP contribution in [0.3, 0.4) is 0 Å². The van der Waals surface area contributed by atoms with Crippen LogP contribution >= 0.6 is 27.7 Å². The third kappa shape index (κ3) is 6.11. The standard InChI is InChI=1S/C16H17BrN2O3S/c1-11-2-4-12(5-3-11)23-9-8-18-15(20)10-19-16(21)13-6-7-14(17)22-13/h2-7H,8-10H2,1H3,(H,18,20)(H,19,21). The van der Waals surface area contributed by atoms with Crippen molar-refractivity contribution >= 4 is 39.5 Å². The minimum absolute atomic E-state index is 0.0770. The zero-order valence-electron chi connectivity index (χ0n) is 12.6. The summed E-state index contributed by atoms with van der Waals surface area (Å²) in [6.07, 6.45) is 0. The molecule has 2 aromatic rings. The van der Waals surface area contributed by atoms with Crippen molar-refractivity contribution in [3.63, 3.8) is 0 Å². The number of hydrogen-bond acceptors (Lipinski definition) is 4. The van der Waals surface area contributed by atoms with Crippen LogP contribution in [0.25, 0.3) is 0 Å². The fraction of sp³-hybridized carbons (Fsp3) is 0.250. The number of amides is 2. The Morgan fingerprint density at radius 1 is 1.13 bits per heavy atom. The van der Waals surface area contributed by atoms with Crippen LogP contribution in [-0.2, 0) is 4.79 Å². The van der Waals surface area contributed by atoms with Gasteiger partial charge in [0.05, 0.1) is 6.54 Å². The zero-order valence-corrected chi connectivity index (χ0v) is 15.0. The summed E-state index contributed by atoms with van der Waals surface area (Å²) in [4.78, 5) is 24.5. The molecule has 0 atom stereocenters. The highest BCUT2D eigenvalue weighted by atomic mass is 79.9. The summed E-state index contributed by atoms with van der Waals surface area (Å²) in [5.74, 6) is 0.293. The first kappa shape index (κ1) is 17.6. The van der Waals surface area contributed by atoms with Gasteiger partial charge in [-0.05, 0) is 47.1 Å². The van der Waals surface area contributed by atoms with Gasteiger partial charge in [0.2, 0.25) is 5.91 Å². The van der Waals surface area contributed by atoms with E-state index < -0.39 is 5.91 Å². The predicted octanol–water partition coefficient (Wildman–Crippen LogP) is 2.99. The average Bonchev–Trinajstić information content (AvgIpc) is 2.97. The van der Waals surface area contributed by atoms with Gasteiger partial charge in [-0.25, -0.2) is 0 Å². The molecule has 2 rings (SSSR count). The number of nitrogens with one attached hydrogen (secondary N) is 2. The van der Waals surface area contributed by atoms with E-state index in [9.17, 15) is 9.59 Å². The van der Waals surface area contributed by atoms with E-state index in [0.29, 0.717) is 11.2 Å². The van der Waals surface area contributed by atoms with Gasteiger partial charge >= 0.3 is 0 Å². The Balaban J connectivity index is 1.61. The van der Waals surface area contributed by atoms with Crippen LogP contribution in [0, 0.1) is 6.92 Å². The highest BCUT2D eigenvalue weighted by molar-refractivity contribution is 9.10. The first-order chi connectivity index (χ1) is 11.0. The van der Waals surface area contributed by atoms with E-state index in [4.69, 9.17) is 4.42 Å². The number of thioether (sulfide) groups is 1. The number of carbonyl (C=O) groups is 2. The molecule has 1 aromatic heterocycles. The van der Waals surface area contributed by atoms with Crippen molar-refractivity contribution in [2.24, 2.45) is 0 Å². The summed E-state index contributed by atoms with van der Waals surface area (Å²) in [6.45, 7) is 2.51. The van der Waals surface area contributed by atoms with Crippen LogP contribution in [0.2, 0.25) is 0 Å². The molecular formula is C16H17BrN2O3S. The van der Waals surface area contributed by atoms with E-state index in [1.165, 1.54) is 16.5 Å². The maximum atomic E-state index is 11.7. The first-order valence-corrected chi connectivity index (χ1v) is 8.82. The highest BCUT2D eigenvalue weighted by Gasteiger charge is 2.11. The molecule has 0 saturated heterocycles. The predicted molar refractivity (Wildman–Crippen MR) is 93.7 cm³/mol. The lowest BCUT2D eigenvalue weighted by Crippen LogP contribution is -2.37. The van der Waals surface area contributed by atoms with E-state index in [0.717, 1.165) is 5.75 Å². The lowest BCUT2D eigenvalue weighted by atomic mass is 10.2. The van der Waals surface area contributed by atoms with Gasteiger partial charge in [-0.2, -0.15) is 0 Å². The van der Waals surface area contributed by atoms with Crippen LogP contribution in [0.5, 0.6) is 0 Å². The normalized spacial score (nSPS) is 10.3. The fourth-order valence-electron chi connectivity index (χ4n) is 1.74. The third-order valence-corrected chi connectivity index (χ3v) is 4.36. The van der Waals surface area contributed by atoms with E-state index in [1.54, 1.807) is 17.8 Å². The average molecular weight is 397 g/mol. The molecule has 0 aliphatic heterocycles. The molecule has 0 bridgehead atoms. The Kier molecular flexibility index (Phi) is 6.73. The SMILES string of the molecule is Cc1ccc(SCCNC(=O)CNC(=O)c2ccc(Br)o2)cc1. The van der Waals surface area contributed by atoms with Gasteiger partial charge in [-0.15, -0.1) is 11.8 Å². The minimum Gasteiger partial charge on any atom is -0.444 e. The van der Waals surface area contributed by atoms with Gasteiger partial charge in [0.25, 0.3) is 5.91 Å². The number of rotatable bonds is 7. The summed E-state index contributed by atoms with van der Waals surface area (Å²) in [5.41, 5.74) is 1.22. The molecular weight excluding hydrogens is 380 g/mol. The monoisotopic (exact) mass is 396 g/mol. The Morgan fingerprint density at radius 3 is 2.52 bits per heavy atom. The van der Waals surface area contributed by atoms with E-state index in [-0.39, 0.29) is 18.2 Å². The molecule has 122 valence electrons. The number of carbonyl (C=O) groups excluding carboxylic acids is 2. The van der Waals surface area contributed by atoms with Crippen LogP contribution < -0.4 is 10.6 Å². The van der Waals surface area contributed by atoms with Gasteiger partial charge in [0.1, 0.15) is 0 Å². The van der Waals surface area contributed by atoms with Crippen LogP contribution in [0.1, 0.15) is 16.1 Å². The fourth-order valence-corrected chi connectivity index (χ4v) is 2.82. The third-order valence-electron chi connectivity index (χ3n) is 2.92. The molecule has 0 fully saturated rings. The van der Waals surface area contributed by atoms with Gasteiger partial charge < -0.3 is 15.1 Å². The quantitative estimate of drug-likeness (QED) is 0.557. The Morgan fingerprint density at radius 2 is 1.87 bits per heavy atom. The van der Waals surface area contributed by atoms with Crippen molar-refractivity contribution in [3.05, 3.63) is 52.4 Å². The smallest absolute Gasteiger partial charge is 0.287 e. The number of benzene rings is 1. The number of aryl methyl sites for hydroxylation is 1. The molecule has 0 aliphatic rings. The minimum atomic E-state index is -0.417. The summed E-state index contributed by atoms with van der Waals surface area (Å²) >= 11 is 4.79. The van der Waals surface area contributed by atoms with Crippen molar-refractivity contribution in [2.45, 2.75) is 11.8 Å². The first-order valence-electron chi connectivity index (χ1n) is 7.04. The highest BCUT2D eigenvalue weighted by Crippen LogP contribution is 2.17. The van der Waals surface area contributed by atoms with Crippen LogP contribution in [-0.4, -0.2) is 30.7 Å². The number of hydrogen-bond donors (Lipinski definition) is 2. The molecule has 23 heavy (non-hydrogen) atoms. The summed E-state index contributed by atoms with van der Waals surface area (Å²) in [7, 11) is 0. The topological polar surface area (TPSA) is 71.3 Å². The molecule has 1 heterocycles. The molecule has 5 nitrogen and oxygen atoms in total. The summed E-state index contributed by atoms with van der Waals surface area (Å²) in [5, 5.41) is 5.27. The van der Waals surface area contributed by atoms with Gasteiger partial charge in [-0.3, -0.25) is 9.59 Å². The summed E-state index contributed by atoms with van der Waals surface area (Å²) in [6, 6.07) is 11.4. The molecule has 0 saturated carbocycles. The molecule has 0 radical (unpaired) electrons. The maximum Gasteiger partial charge on any atom is 0.287 e. The van der Waals surface area contributed by atoms with Crippen LogP contribution in [0.15, 0.2) is 50.4 Å². The molecule has 0 aliphatic carbocycles. The summed E-state index contributed by atoms with van der Waals surface area (Å²) < 4.78 is 5.58. The number of furan rings is 1. The largest absolute Gasteiger partial charge is 0.444 e. The maximum absolute atomic E-state index is 11.7. The van der Waals surface area contributed by atoms with Crippen molar-refractivity contribution in [3.8, 4) is 0 Å². The van der Waals surface area contributed by atoms with Crippen LogP contribution in [0.4, 0.5) is 0 Å². The Bertz CT molecular complexity index is 670. The van der Waals surface area contributed by atoms with Gasteiger partial charge in [0.15, 0.2) is 10.4 Å². The second-order valence-electron chi connectivity index (χ2n) is 4.80. The lowest BCUT2D eigenvalue weighted by Gasteiger charge is -2.06. The van der Waals surface area contributed by atoms with Crippen molar-refractivity contribution < 1.29 is 14.0 Å². The molecule has 1 aromatic carbocycles. The van der Waals surface area contributed by atoms with Crippen molar-refractivity contribution in [1.82, 2.24) is 10.6 Å². The van der Waals surface area contributed by atoms with E-state index >= 15 is 0 Å². The molecule has 0 unspecified atom stereocenters. The number of halogens is 1. The molecule has 2 amide bonds. The molecule has 2 N–H and O–H groups in total. The van der Waals surface area contributed by atoms with Crippen molar-refractivity contribution in [1.29, 1.82) is 0 Å². The van der Waals surface area contributed by atoms with E-state index in [2.05, 4.69) is 50.8 Å². The lowest BCUT2D eigenvalue weighted by molar-refractivity contribution is -0.120. The second kappa shape index (κ2) is 8.79. The van der Waals surface area contributed by atoms with Crippen molar-refractivity contribution in [2.75, 3.05) is 18.8 Å². The molecule has 0 spiro atoms. The Labute approximate surface area is 147 Å².